The van der Waals surface area contributed by atoms with E-state index in [2.05, 4.69) is 5.43 Å². The molecule has 6 rings (SSSR count). The summed E-state index contributed by atoms with van der Waals surface area (Å²) in [6, 6.07) is 22.4. The van der Waals surface area contributed by atoms with Gasteiger partial charge in [0.05, 0.1) is 11.0 Å². The van der Waals surface area contributed by atoms with Crippen LogP contribution in [0.2, 0.25) is 0 Å². The average Bonchev–Trinajstić information content (AvgIpc) is 3.50. The first-order valence-electron chi connectivity index (χ1n) is 14.8. The number of ether oxygens (including phenoxy) is 1. The van der Waals surface area contributed by atoms with Crippen molar-refractivity contribution >= 4 is 47.2 Å². The number of hydrazine groups is 1. The highest BCUT2D eigenvalue weighted by molar-refractivity contribution is 6.00. The normalized spacial score (nSPS) is 17.3. The molecule has 11 nitrogen and oxygen atoms in total. The van der Waals surface area contributed by atoms with Crippen LogP contribution in [0.3, 0.4) is 0 Å². The molecule has 3 aromatic carbocycles. The number of nitrogen functional groups attached to an aromatic ring is 1. The molecule has 3 heterocycles. The lowest BCUT2D eigenvalue weighted by molar-refractivity contribution is -0.131. The molecule has 2 aliphatic heterocycles. The van der Waals surface area contributed by atoms with E-state index in [1.807, 2.05) is 77.3 Å². The van der Waals surface area contributed by atoms with E-state index in [1.54, 1.807) is 12.1 Å². The number of rotatable bonds is 9. The number of piperidine rings is 1. The second-order valence-electron chi connectivity index (χ2n) is 11.3. The summed E-state index contributed by atoms with van der Waals surface area (Å²) >= 11 is 0. The second kappa shape index (κ2) is 13.5. The number of aryl methyl sites for hydroxylation is 3. The van der Waals surface area contributed by atoms with Crippen molar-refractivity contribution in [2.75, 3.05) is 13.1 Å². The highest BCUT2D eigenvalue weighted by Crippen LogP contribution is 2.25. The van der Waals surface area contributed by atoms with E-state index >= 15 is 0 Å². The van der Waals surface area contributed by atoms with Crippen molar-refractivity contribution < 1.29 is 19.1 Å². The number of cyclic esters (lactones) is 1. The van der Waals surface area contributed by atoms with Crippen LogP contribution in [0.1, 0.15) is 45.7 Å². The second-order valence-corrected chi connectivity index (χ2v) is 11.3. The van der Waals surface area contributed by atoms with E-state index in [-0.39, 0.29) is 36.1 Å². The van der Waals surface area contributed by atoms with Crippen LogP contribution in [0, 0.1) is 5.41 Å². The van der Waals surface area contributed by atoms with Gasteiger partial charge in [-0.1, -0.05) is 54.6 Å². The van der Waals surface area contributed by atoms with E-state index < -0.39 is 12.2 Å². The molecule has 3 amide bonds. The highest BCUT2D eigenvalue weighted by atomic mass is 35.5. The largest absolute Gasteiger partial charge is 0.435 e. The molecule has 0 saturated carbocycles. The number of fused-ring (bicyclic) bond motifs is 1. The molecule has 1 aromatic heterocycles. The van der Waals surface area contributed by atoms with Crippen LogP contribution < -0.4 is 11.2 Å². The summed E-state index contributed by atoms with van der Waals surface area (Å²) in [6.07, 6.45) is 1.55. The van der Waals surface area contributed by atoms with E-state index in [0.717, 1.165) is 40.8 Å². The number of amides is 3. The predicted molar refractivity (Wildman–Crippen MR) is 172 cm³/mol. The van der Waals surface area contributed by atoms with Gasteiger partial charge in [-0.05, 0) is 48.6 Å². The minimum Gasteiger partial charge on any atom is -0.435 e. The number of benzene rings is 3. The van der Waals surface area contributed by atoms with Gasteiger partial charge in [-0.15, -0.1) is 12.4 Å². The number of aromatic nitrogens is 2. The van der Waals surface area contributed by atoms with Gasteiger partial charge in [0.1, 0.15) is 11.7 Å². The van der Waals surface area contributed by atoms with E-state index in [1.165, 1.54) is 4.90 Å². The van der Waals surface area contributed by atoms with Crippen LogP contribution in [-0.2, 0) is 35.8 Å². The molecule has 4 aromatic rings. The Morgan fingerprint density at radius 3 is 2.36 bits per heavy atom. The SMILES string of the molecule is Cl.Cn1c(CCc2ccc(C(=N)N)cc2)nc2cc(C(=O)NN3CCC(N4C(=O)OC(Cc5ccccc5)C4=O)CC3)ccc21. The molecule has 2 fully saturated rings. The number of hydrogen-bond donors (Lipinski definition) is 3. The number of nitrogens with one attached hydrogen (secondary N) is 2. The first kappa shape index (κ1) is 31.7. The summed E-state index contributed by atoms with van der Waals surface area (Å²) in [5.74, 6) is 0.434. The number of hydrogen-bond acceptors (Lipinski definition) is 7. The fourth-order valence-corrected chi connectivity index (χ4v) is 5.93. The van der Waals surface area contributed by atoms with Gasteiger partial charge in [-0.2, -0.15) is 0 Å². The number of halogens is 1. The summed E-state index contributed by atoms with van der Waals surface area (Å²) in [5, 5.41) is 9.38. The summed E-state index contributed by atoms with van der Waals surface area (Å²) in [5.41, 5.74) is 13.5. The molecule has 45 heavy (non-hydrogen) atoms. The van der Waals surface area contributed by atoms with Crippen molar-refractivity contribution in [2.24, 2.45) is 12.8 Å². The maximum Gasteiger partial charge on any atom is 0.417 e. The average molecular weight is 630 g/mol. The highest BCUT2D eigenvalue weighted by Gasteiger charge is 2.45. The number of amidine groups is 1. The molecule has 12 heteroatoms. The number of imidazole rings is 1. The van der Waals surface area contributed by atoms with Gasteiger partial charge < -0.3 is 15.0 Å². The van der Waals surface area contributed by atoms with Crippen LogP contribution >= 0.6 is 12.4 Å². The van der Waals surface area contributed by atoms with Crippen molar-refractivity contribution in [3.8, 4) is 0 Å². The number of imide groups is 1. The zero-order chi connectivity index (χ0) is 30.8. The molecule has 2 saturated heterocycles. The Kier molecular flexibility index (Phi) is 9.50. The summed E-state index contributed by atoms with van der Waals surface area (Å²) in [6.45, 7) is 1.00. The molecule has 1 unspecified atom stereocenters. The minimum atomic E-state index is -0.802. The van der Waals surface area contributed by atoms with Crippen LogP contribution in [0.25, 0.3) is 11.0 Å². The van der Waals surface area contributed by atoms with Crippen molar-refractivity contribution in [3.63, 3.8) is 0 Å². The van der Waals surface area contributed by atoms with Crippen molar-refractivity contribution in [2.45, 2.75) is 44.2 Å². The monoisotopic (exact) mass is 629 g/mol. The van der Waals surface area contributed by atoms with Crippen molar-refractivity contribution in [1.29, 1.82) is 5.41 Å². The summed E-state index contributed by atoms with van der Waals surface area (Å²) < 4.78 is 7.47. The van der Waals surface area contributed by atoms with E-state index in [4.69, 9.17) is 20.9 Å². The lowest BCUT2D eigenvalue weighted by atomic mass is 10.0. The third-order valence-electron chi connectivity index (χ3n) is 8.44. The third kappa shape index (κ3) is 6.84. The number of carbonyl (C=O) groups is 3. The van der Waals surface area contributed by atoms with Crippen LogP contribution in [0.5, 0.6) is 0 Å². The van der Waals surface area contributed by atoms with E-state index in [0.29, 0.717) is 43.5 Å². The van der Waals surface area contributed by atoms with Gasteiger partial charge in [0, 0.05) is 50.1 Å². The molecule has 0 bridgehead atoms. The van der Waals surface area contributed by atoms with Gasteiger partial charge in [-0.25, -0.2) is 19.7 Å². The third-order valence-corrected chi connectivity index (χ3v) is 8.44. The Morgan fingerprint density at radius 2 is 1.67 bits per heavy atom. The molecule has 0 aliphatic carbocycles. The van der Waals surface area contributed by atoms with Gasteiger partial charge in [0.25, 0.3) is 11.8 Å². The maximum atomic E-state index is 13.1. The Balaban J connectivity index is 0.00000400. The topological polar surface area (TPSA) is 147 Å². The van der Waals surface area contributed by atoms with E-state index in [9.17, 15) is 14.4 Å². The summed E-state index contributed by atoms with van der Waals surface area (Å²) in [7, 11) is 1.97. The fraction of sp³-hybridized carbons (Fsp3) is 0.303. The first-order valence-corrected chi connectivity index (χ1v) is 14.8. The molecule has 2 aliphatic rings. The molecular weight excluding hydrogens is 594 g/mol. The molecule has 0 spiro atoms. The Morgan fingerprint density at radius 1 is 0.978 bits per heavy atom. The molecular formula is C33H36ClN7O4. The Hall–Kier alpha value is -4.74. The Labute approximate surface area is 267 Å². The lowest BCUT2D eigenvalue weighted by Gasteiger charge is -2.34. The quantitative estimate of drug-likeness (QED) is 0.189. The van der Waals surface area contributed by atoms with Gasteiger partial charge >= 0.3 is 6.09 Å². The van der Waals surface area contributed by atoms with Crippen LogP contribution in [-0.4, -0.2) is 68.4 Å². The summed E-state index contributed by atoms with van der Waals surface area (Å²) in [4.78, 5) is 44.8. The number of nitrogens with zero attached hydrogens (tertiary/aromatic N) is 4. The Bertz CT molecular complexity index is 1720. The lowest BCUT2D eigenvalue weighted by Crippen LogP contribution is -2.52. The van der Waals surface area contributed by atoms with Gasteiger partial charge in [0.2, 0.25) is 0 Å². The molecule has 0 radical (unpaired) electrons. The van der Waals surface area contributed by atoms with Crippen LogP contribution in [0.4, 0.5) is 4.79 Å². The number of nitrogens with two attached hydrogens (primary N) is 1. The standard InChI is InChI=1S/C33H35N7O4.ClH/c1-38-27-13-12-24(20-26(27)36-29(38)14-9-21-7-10-23(11-8-21)30(34)35)31(41)37-39-17-15-25(16-18-39)40-32(42)28(44-33(40)43)19-22-5-3-2-4-6-22;/h2-8,10-13,20,25,28H,9,14-19H2,1H3,(H3,34,35)(H,37,41);1H. The number of carbonyl (C=O) groups excluding carboxylic acids is 3. The van der Waals surface area contributed by atoms with Crippen molar-refractivity contribution in [3.05, 3.63) is 101 Å². The van der Waals surface area contributed by atoms with Crippen LogP contribution in [0.15, 0.2) is 72.8 Å². The molecule has 1 atom stereocenters. The first-order chi connectivity index (χ1) is 21.3. The zero-order valence-corrected chi connectivity index (χ0v) is 25.8. The maximum absolute atomic E-state index is 13.1. The fourth-order valence-electron chi connectivity index (χ4n) is 5.93. The molecule has 4 N–H and O–H groups in total. The molecule has 234 valence electrons. The smallest absolute Gasteiger partial charge is 0.417 e. The predicted octanol–water partition coefficient (Wildman–Crippen LogP) is 3.76. The van der Waals surface area contributed by atoms with Gasteiger partial charge in [0.15, 0.2) is 6.10 Å². The minimum absolute atomic E-state index is 0. The van der Waals surface area contributed by atoms with Crippen molar-refractivity contribution in [1.82, 2.24) is 24.9 Å². The van der Waals surface area contributed by atoms with Gasteiger partial charge in [-0.3, -0.25) is 20.4 Å². The zero-order valence-electron chi connectivity index (χ0n) is 24.9.